The Morgan fingerprint density at radius 3 is 2.65 bits per heavy atom. The second-order valence-electron chi connectivity index (χ2n) is 7.03. The van der Waals surface area contributed by atoms with E-state index < -0.39 is 17.4 Å². The van der Waals surface area contributed by atoms with Crippen molar-refractivity contribution in [3.8, 4) is 0 Å². The third-order valence-electron chi connectivity index (χ3n) is 4.93. The van der Waals surface area contributed by atoms with Gasteiger partial charge in [0.2, 0.25) is 0 Å². The van der Waals surface area contributed by atoms with E-state index in [0.717, 1.165) is 12.8 Å². The fraction of sp³-hybridized carbons (Fsp3) is 0.778. The SMILES string of the molecule is CCCCOC(=O)C1CCCN2C(=O)C(C)(CCCSC(C)=O)C(=O)N12. The van der Waals surface area contributed by atoms with E-state index in [0.29, 0.717) is 44.6 Å². The van der Waals surface area contributed by atoms with Crippen LogP contribution in [0.1, 0.15) is 59.3 Å². The molecule has 2 saturated heterocycles. The molecule has 2 rings (SSSR count). The van der Waals surface area contributed by atoms with Crippen molar-refractivity contribution in [1.82, 2.24) is 10.0 Å². The van der Waals surface area contributed by atoms with Crippen LogP contribution in [0, 0.1) is 5.41 Å². The van der Waals surface area contributed by atoms with Gasteiger partial charge in [0.1, 0.15) is 5.41 Å². The molecule has 2 unspecified atom stereocenters. The lowest BCUT2D eigenvalue weighted by Crippen LogP contribution is -2.55. The molecule has 8 heteroatoms. The predicted octanol–water partition coefficient (Wildman–Crippen LogP) is 2.14. The van der Waals surface area contributed by atoms with Gasteiger partial charge in [-0.05, 0) is 39.0 Å². The molecular formula is C18H28N2O5S. The zero-order valence-electron chi connectivity index (χ0n) is 15.8. The molecule has 2 amide bonds. The largest absolute Gasteiger partial charge is 0.464 e. The molecule has 2 fully saturated rings. The van der Waals surface area contributed by atoms with Gasteiger partial charge in [-0.1, -0.05) is 25.1 Å². The van der Waals surface area contributed by atoms with Crippen LogP contribution < -0.4 is 0 Å². The summed E-state index contributed by atoms with van der Waals surface area (Å²) in [5.41, 5.74) is -1.16. The topological polar surface area (TPSA) is 84.0 Å². The van der Waals surface area contributed by atoms with Gasteiger partial charge in [0, 0.05) is 19.2 Å². The Bertz CT molecular complexity index is 582. The van der Waals surface area contributed by atoms with Crippen LogP contribution >= 0.6 is 11.8 Å². The second kappa shape index (κ2) is 8.88. The monoisotopic (exact) mass is 384 g/mol. The van der Waals surface area contributed by atoms with Crippen LogP contribution in [0.5, 0.6) is 0 Å². The van der Waals surface area contributed by atoms with Crippen LogP contribution in [0.15, 0.2) is 0 Å². The van der Waals surface area contributed by atoms with Gasteiger partial charge in [0.15, 0.2) is 11.2 Å². The number of hydrogen-bond acceptors (Lipinski definition) is 6. The minimum absolute atomic E-state index is 0.0234. The summed E-state index contributed by atoms with van der Waals surface area (Å²) in [6.45, 7) is 5.93. The Hall–Kier alpha value is -1.57. The fourth-order valence-corrected chi connectivity index (χ4v) is 3.97. The van der Waals surface area contributed by atoms with E-state index in [1.165, 1.54) is 28.7 Å². The molecule has 7 nitrogen and oxygen atoms in total. The first-order chi connectivity index (χ1) is 12.3. The Morgan fingerprint density at radius 1 is 1.27 bits per heavy atom. The molecule has 2 aliphatic rings. The minimum atomic E-state index is -1.16. The maximum absolute atomic E-state index is 13.0. The van der Waals surface area contributed by atoms with Crippen molar-refractivity contribution in [3.05, 3.63) is 0 Å². The zero-order valence-corrected chi connectivity index (χ0v) is 16.6. The number of unbranched alkanes of at least 4 members (excludes halogenated alkanes) is 1. The van der Waals surface area contributed by atoms with Crippen LogP contribution in [-0.2, 0) is 23.9 Å². The summed E-state index contributed by atoms with van der Waals surface area (Å²) in [6, 6.07) is -0.717. The first-order valence-electron chi connectivity index (χ1n) is 9.28. The number of hydrogen-bond donors (Lipinski definition) is 0. The van der Waals surface area contributed by atoms with Gasteiger partial charge >= 0.3 is 5.97 Å². The number of carbonyl (C=O) groups excluding carboxylic acids is 4. The normalized spacial score (nSPS) is 25.4. The lowest BCUT2D eigenvalue weighted by atomic mass is 9.84. The summed E-state index contributed by atoms with van der Waals surface area (Å²) in [6.07, 6.45) is 3.83. The maximum atomic E-state index is 13.0. The average molecular weight is 384 g/mol. The van der Waals surface area contributed by atoms with Crippen molar-refractivity contribution >= 4 is 34.7 Å². The molecule has 2 heterocycles. The number of amides is 2. The van der Waals surface area contributed by atoms with Crippen molar-refractivity contribution in [2.45, 2.75) is 65.3 Å². The number of thioether (sulfide) groups is 1. The lowest BCUT2D eigenvalue weighted by molar-refractivity contribution is -0.172. The van der Waals surface area contributed by atoms with Gasteiger partial charge < -0.3 is 4.74 Å². The number of esters is 1. The molecular weight excluding hydrogens is 356 g/mol. The van der Waals surface area contributed by atoms with Crippen LogP contribution in [0.2, 0.25) is 0 Å². The first kappa shape index (κ1) is 20.7. The molecule has 0 aromatic heterocycles. The molecule has 0 aromatic rings. The predicted molar refractivity (Wildman–Crippen MR) is 97.9 cm³/mol. The van der Waals surface area contributed by atoms with Gasteiger partial charge in [-0.25, -0.2) is 14.8 Å². The van der Waals surface area contributed by atoms with Gasteiger partial charge in [0.25, 0.3) is 11.8 Å². The lowest BCUT2D eigenvalue weighted by Gasteiger charge is -2.37. The molecule has 0 radical (unpaired) electrons. The smallest absolute Gasteiger partial charge is 0.330 e. The van der Waals surface area contributed by atoms with E-state index in [-0.39, 0.29) is 16.9 Å². The highest BCUT2D eigenvalue weighted by molar-refractivity contribution is 8.13. The first-order valence-corrected chi connectivity index (χ1v) is 10.3. The third-order valence-corrected chi connectivity index (χ3v) is 5.83. The molecule has 0 bridgehead atoms. The van der Waals surface area contributed by atoms with E-state index in [4.69, 9.17) is 4.74 Å². The van der Waals surface area contributed by atoms with Crippen molar-refractivity contribution < 1.29 is 23.9 Å². The summed E-state index contributed by atoms with van der Waals surface area (Å²) in [7, 11) is 0. The quantitative estimate of drug-likeness (QED) is 0.362. The van der Waals surface area contributed by atoms with Gasteiger partial charge in [-0.15, -0.1) is 0 Å². The van der Waals surface area contributed by atoms with E-state index in [2.05, 4.69) is 0 Å². The number of nitrogens with zero attached hydrogens (tertiary/aromatic N) is 2. The van der Waals surface area contributed by atoms with Crippen molar-refractivity contribution in [2.24, 2.45) is 5.41 Å². The maximum Gasteiger partial charge on any atom is 0.330 e. The fourth-order valence-electron chi connectivity index (χ4n) is 3.40. The number of hydrazine groups is 1. The molecule has 26 heavy (non-hydrogen) atoms. The highest BCUT2D eigenvalue weighted by Crippen LogP contribution is 2.40. The van der Waals surface area contributed by atoms with Crippen molar-refractivity contribution in [2.75, 3.05) is 18.9 Å². The van der Waals surface area contributed by atoms with Crippen molar-refractivity contribution in [1.29, 1.82) is 0 Å². The summed E-state index contributed by atoms with van der Waals surface area (Å²) in [5, 5.41) is 2.78. The minimum Gasteiger partial charge on any atom is -0.464 e. The Labute approximate surface area is 158 Å². The number of fused-ring (bicyclic) bond motifs is 1. The van der Waals surface area contributed by atoms with Crippen LogP contribution in [-0.4, -0.2) is 57.9 Å². The van der Waals surface area contributed by atoms with Crippen LogP contribution in [0.25, 0.3) is 0 Å². The molecule has 0 saturated carbocycles. The number of carbonyl (C=O) groups is 4. The van der Waals surface area contributed by atoms with E-state index in [9.17, 15) is 19.2 Å². The second-order valence-corrected chi connectivity index (χ2v) is 8.30. The molecule has 0 aromatic carbocycles. The molecule has 146 valence electrons. The average Bonchev–Trinajstić information content (AvgIpc) is 2.81. The van der Waals surface area contributed by atoms with Crippen LogP contribution in [0.3, 0.4) is 0 Å². The third kappa shape index (κ3) is 4.22. The molecule has 0 aliphatic carbocycles. The molecule has 2 atom stereocenters. The van der Waals surface area contributed by atoms with Gasteiger partial charge in [-0.2, -0.15) is 0 Å². The van der Waals surface area contributed by atoms with E-state index >= 15 is 0 Å². The summed E-state index contributed by atoms with van der Waals surface area (Å²) < 4.78 is 5.30. The van der Waals surface area contributed by atoms with E-state index in [1.807, 2.05) is 6.92 Å². The molecule has 0 N–H and O–H groups in total. The highest BCUT2D eigenvalue weighted by Gasteiger charge is 2.58. The number of rotatable bonds is 8. The summed E-state index contributed by atoms with van der Waals surface area (Å²) >= 11 is 1.20. The summed E-state index contributed by atoms with van der Waals surface area (Å²) in [4.78, 5) is 49.4. The van der Waals surface area contributed by atoms with Crippen LogP contribution in [0.4, 0.5) is 0 Å². The molecule has 2 aliphatic heterocycles. The van der Waals surface area contributed by atoms with E-state index in [1.54, 1.807) is 6.92 Å². The Morgan fingerprint density at radius 2 is 2.00 bits per heavy atom. The highest BCUT2D eigenvalue weighted by atomic mass is 32.2. The molecule has 0 spiro atoms. The number of ether oxygens (including phenoxy) is 1. The van der Waals surface area contributed by atoms with Crippen molar-refractivity contribution in [3.63, 3.8) is 0 Å². The van der Waals surface area contributed by atoms with Gasteiger partial charge in [0.05, 0.1) is 6.61 Å². The Balaban J connectivity index is 2.07. The van der Waals surface area contributed by atoms with Gasteiger partial charge in [-0.3, -0.25) is 14.4 Å². The Kier molecular flexibility index (Phi) is 7.08. The standard InChI is InChI=1S/C18H28N2O5S/c1-4-5-11-25-15(22)14-8-6-10-19-16(23)18(3,17(24)20(14)19)9-7-12-26-13(2)21/h14H,4-12H2,1-3H3. The zero-order chi connectivity index (χ0) is 19.3. The summed E-state index contributed by atoms with van der Waals surface area (Å²) in [5.74, 6) is -0.428.